The van der Waals surface area contributed by atoms with Gasteiger partial charge in [0.15, 0.2) is 0 Å². The highest BCUT2D eigenvalue weighted by molar-refractivity contribution is 5.78. The highest BCUT2D eigenvalue weighted by Crippen LogP contribution is 2.02. The van der Waals surface area contributed by atoms with Gasteiger partial charge >= 0.3 is 0 Å². The van der Waals surface area contributed by atoms with Crippen molar-refractivity contribution in [3.63, 3.8) is 0 Å². The maximum absolute atomic E-state index is 11.7. The summed E-state index contributed by atoms with van der Waals surface area (Å²) in [7, 11) is 0. The molecule has 2 N–H and O–H groups in total. The lowest BCUT2D eigenvalue weighted by Gasteiger charge is -2.19. The predicted molar refractivity (Wildman–Crippen MR) is 80.1 cm³/mol. The van der Waals surface area contributed by atoms with Crippen LogP contribution >= 0.6 is 0 Å². The largest absolute Gasteiger partial charge is 0.352 e. The highest BCUT2D eigenvalue weighted by Gasteiger charge is 2.11. The molecule has 1 aromatic carbocycles. The molecule has 3 heteroatoms. The smallest absolute Gasteiger partial charge is 0.234 e. The van der Waals surface area contributed by atoms with E-state index in [-0.39, 0.29) is 11.9 Å². The first-order chi connectivity index (χ1) is 8.99. The Labute approximate surface area is 116 Å². The minimum absolute atomic E-state index is 0.0705. The Morgan fingerprint density at radius 1 is 1.11 bits per heavy atom. The van der Waals surface area contributed by atoms with Crippen molar-refractivity contribution in [1.82, 2.24) is 10.6 Å². The average Bonchev–Trinajstić information content (AvgIpc) is 2.37. The Kier molecular flexibility index (Phi) is 6.57. The first-order valence-corrected chi connectivity index (χ1v) is 7.05. The predicted octanol–water partition coefficient (Wildman–Crippen LogP) is 2.37. The van der Waals surface area contributed by atoms with Crippen molar-refractivity contribution in [2.75, 3.05) is 6.54 Å². The van der Waals surface area contributed by atoms with Crippen LogP contribution in [0.4, 0.5) is 0 Å². The van der Waals surface area contributed by atoms with E-state index >= 15 is 0 Å². The number of rotatable bonds is 7. The minimum atomic E-state index is 0.0705. The zero-order chi connectivity index (χ0) is 14.3. The molecule has 0 aliphatic rings. The second-order valence-corrected chi connectivity index (χ2v) is 5.57. The Balaban J connectivity index is 2.26. The van der Waals surface area contributed by atoms with Gasteiger partial charge in [0.05, 0.1) is 6.54 Å². The van der Waals surface area contributed by atoms with Crippen LogP contribution in [0.5, 0.6) is 0 Å². The number of carbonyl (C=O) groups is 1. The van der Waals surface area contributed by atoms with Gasteiger partial charge in [-0.1, -0.05) is 44.2 Å². The molecule has 0 saturated carbocycles. The molecular formula is C16H26N2O. The van der Waals surface area contributed by atoms with Crippen molar-refractivity contribution in [3.8, 4) is 0 Å². The normalized spacial score (nSPS) is 14.2. The molecule has 0 aliphatic carbocycles. The molecule has 0 aliphatic heterocycles. The molecule has 2 atom stereocenters. The zero-order valence-corrected chi connectivity index (χ0v) is 12.4. The topological polar surface area (TPSA) is 41.1 Å². The quantitative estimate of drug-likeness (QED) is 0.792. The maximum atomic E-state index is 11.7. The lowest BCUT2D eigenvalue weighted by Crippen LogP contribution is -2.43. The van der Waals surface area contributed by atoms with E-state index in [1.54, 1.807) is 0 Å². The van der Waals surface area contributed by atoms with Crippen molar-refractivity contribution in [2.24, 2.45) is 5.92 Å². The van der Waals surface area contributed by atoms with Gasteiger partial charge in [-0.05, 0) is 31.7 Å². The van der Waals surface area contributed by atoms with Gasteiger partial charge in [0, 0.05) is 12.1 Å². The van der Waals surface area contributed by atoms with Gasteiger partial charge < -0.3 is 10.6 Å². The lowest BCUT2D eigenvalue weighted by atomic mass is 10.1. The third-order valence-corrected chi connectivity index (χ3v) is 3.38. The molecule has 3 nitrogen and oxygen atoms in total. The van der Waals surface area contributed by atoms with Crippen molar-refractivity contribution < 1.29 is 4.79 Å². The number of benzene rings is 1. The Morgan fingerprint density at radius 2 is 1.74 bits per heavy atom. The summed E-state index contributed by atoms with van der Waals surface area (Å²) >= 11 is 0. The Bertz CT molecular complexity index is 376. The highest BCUT2D eigenvalue weighted by atomic mass is 16.1. The monoisotopic (exact) mass is 262 g/mol. The lowest BCUT2D eigenvalue weighted by molar-refractivity contribution is -0.121. The van der Waals surface area contributed by atoms with Gasteiger partial charge in [0.1, 0.15) is 0 Å². The van der Waals surface area contributed by atoms with Crippen molar-refractivity contribution in [2.45, 2.75) is 46.2 Å². The summed E-state index contributed by atoms with van der Waals surface area (Å²) in [6, 6.07) is 10.8. The van der Waals surface area contributed by atoms with Gasteiger partial charge in [-0.25, -0.2) is 0 Å². The van der Waals surface area contributed by atoms with Crippen LogP contribution in [-0.4, -0.2) is 24.5 Å². The van der Waals surface area contributed by atoms with Gasteiger partial charge in [-0.15, -0.1) is 0 Å². The third kappa shape index (κ3) is 6.39. The second-order valence-electron chi connectivity index (χ2n) is 5.57. The summed E-state index contributed by atoms with van der Waals surface area (Å²) in [6.07, 6.45) is 0.938. The maximum Gasteiger partial charge on any atom is 0.234 e. The second kappa shape index (κ2) is 7.95. The number of carbonyl (C=O) groups excluding carboxylic acids is 1. The molecule has 0 bridgehead atoms. The van der Waals surface area contributed by atoms with Crippen molar-refractivity contribution in [3.05, 3.63) is 35.9 Å². The molecule has 0 fully saturated rings. The standard InChI is InChI=1S/C16H26N2O/c1-12(2)14(4)18-16(19)11-17-13(3)10-15-8-6-5-7-9-15/h5-9,12-14,17H,10-11H2,1-4H3,(H,18,19). The molecular weight excluding hydrogens is 236 g/mol. The summed E-state index contributed by atoms with van der Waals surface area (Å²) in [5.41, 5.74) is 1.29. The van der Waals surface area contributed by atoms with Crippen LogP contribution in [0.2, 0.25) is 0 Å². The average molecular weight is 262 g/mol. The summed E-state index contributed by atoms with van der Waals surface area (Å²) in [4.78, 5) is 11.7. The SMILES string of the molecule is CC(Cc1ccccc1)NCC(=O)NC(C)C(C)C. The van der Waals surface area contributed by atoms with Crippen LogP contribution in [0, 0.1) is 5.92 Å². The number of hydrogen-bond acceptors (Lipinski definition) is 2. The Hall–Kier alpha value is -1.35. The van der Waals surface area contributed by atoms with E-state index in [1.165, 1.54) is 5.56 Å². The van der Waals surface area contributed by atoms with Crippen LogP contribution in [0.1, 0.15) is 33.3 Å². The first kappa shape index (κ1) is 15.7. The van der Waals surface area contributed by atoms with Crippen molar-refractivity contribution >= 4 is 5.91 Å². The fourth-order valence-corrected chi connectivity index (χ4v) is 1.78. The molecule has 106 valence electrons. The van der Waals surface area contributed by atoms with Gasteiger partial charge in [0.25, 0.3) is 0 Å². The summed E-state index contributed by atoms with van der Waals surface area (Å²) in [5, 5.41) is 6.26. The van der Waals surface area contributed by atoms with E-state index < -0.39 is 0 Å². The fraction of sp³-hybridized carbons (Fsp3) is 0.562. The van der Waals surface area contributed by atoms with E-state index in [0.717, 1.165) is 6.42 Å². The zero-order valence-electron chi connectivity index (χ0n) is 12.4. The molecule has 0 aromatic heterocycles. The molecule has 1 rings (SSSR count). The van der Waals surface area contributed by atoms with Crippen LogP contribution in [0.3, 0.4) is 0 Å². The number of nitrogens with one attached hydrogen (secondary N) is 2. The van der Waals surface area contributed by atoms with Gasteiger partial charge in [-0.2, -0.15) is 0 Å². The van der Waals surface area contributed by atoms with Crippen molar-refractivity contribution in [1.29, 1.82) is 0 Å². The molecule has 2 unspecified atom stereocenters. The molecule has 1 aromatic rings. The van der Waals surface area contributed by atoms with E-state index in [4.69, 9.17) is 0 Å². The molecule has 0 saturated heterocycles. The number of amides is 1. The molecule has 1 amide bonds. The summed E-state index contributed by atoms with van der Waals surface area (Å²) in [5.74, 6) is 0.534. The first-order valence-electron chi connectivity index (χ1n) is 7.05. The van der Waals surface area contributed by atoms with E-state index in [2.05, 4.69) is 43.5 Å². The third-order valence-electron chi connectivity index (χ3n) is 3.38. The number of hydrogen-bond donors (Lipinski definition) is 2. The van der Waals surface area contributed by atoms with Crippen LogP contribution in [-0.2, 0) is 11.2 Å². The van der Waals surface area contributed by atoms with E-state index in [0.29, 0.717) is 18.5 Å². The fourth-order valence-electron chi connectivity index (χ4n) is 1.78. The van der Waals surface area contributed by atoms with E-state index in [9.17, 15) is 4.79 Å². The molecule has 19 heavy (non-hydrogen) atoms. The molecule has 0 spiro atoms. The molecule has 0 radical (unpaired) electrons. The minimum Gasteiger partial charge on any atom is -0.352 e. The summed E-state index contributed by atoms with van der Waals surface area (Å²) < 4.78 is 0. The molecule has 0 heterocycles. The van der Waals surface area contributed by atoms with E-state index in [1.807, 2.05) is 25.1 Å². The van der Waals surface area contributed by atoms with Crippen LogP contribution in [0.15, 0.2) is 30.3 Å². The van der Waals surface area contributed by atoms with Gasteiger partial charge in [0.2, 0.25) is 5.91 Å². The Morgan fingerprint density at radius 3 is 2.32 bits per heavy atom. The van der Waals surface area contributed by atoms with Crippen LogP contribution in [0.25, 0.3) is 0 Å². The van der Waals surface area contributed by atoms with Crippen LogP contribution < -0.4 is 10.6 Å². The summed E-state index contributed by atoms with van der Waals surface area (Å²) in [6.45, 7) is 8.74. The van der Waals surface area contributed by atoms with Gasteiger partial charge in [-0.3, -0.25) is 4.79 Å².